The molecule has 168 valence electrons. The average molecular weight is 456 g/mol. The Labute approximate surface area is 191 Å². The molecule has 0 radical (unpaired) electrons. The van der Waals surface area contributed by atoms with Crippen molar-refractivity contribution in [1.29, 1.82) is 0 Å². The molecule has 3 aromatic rings. The zero-order valence-electron chi connectivity index (χ0n) is 18.6. The molecule has 1 heterocycles. The van der Waals surface area contributed by atoms with E-state index in [1.54, 1.807) is 24.3 Å². The van der Waals surface area contributed by atoms with E-state index in [0.717, 1.165) is 11.3 Å². The summed E-state index contributed by atoms with van der Waals surface area (Å²) in [6.45, 7) is 5.37. The van der Waals surface area contributed by atoms with Crippen LogP contribution in [0, 0.1) is 5.92 Å². The zero-order chi connectivity index (χ0) is 23.4. The Morgan fingerprint density at radius 1 is 1.09 bits per heavy atom. The van der Waals surface area contributed by atoms with E-state index >= 15 is 0 Å². The predicted molar refractivity (Wildman–Crippen MR) is 125 cm³/mol. The van der Waals surface area contributed by atoms with Gasteiger partial charge in [0.1, 0.15) is 5.75 Å². The molecule has 6 nitrogen and oxygen atoms in total. The maximum atomic E-state index is 13.5. The largest absolute Gasteiger partial charge is 0.481 e. The number of ketones is 1. The molecule has 0 aliphatic carbocycles. The number of ether oxygens (including phenoxy) is 2. The maximum absolute atomic E-state index is 13.5. The van der Waals surface area contributed by atoms with Gasteiger partial charge < -0.3 is 14.5 Å². The second kappa shape index (κ2) is 10.0. The van der Waals surface area contributed by atoms with Gasteiger partial charge in [-0.2, -0.15) is 0 Å². The highest BCUT2D eigenvalue weighted by Gasteiger charge is 2.18. The summed E-state index contributed by atoms with van der Waals surface area (Å²) in [5, 5.41) is 0.681. The zero-order valence-corrected chi connectivity index (χ0v) is 19.3. The molecule has 0 fully saturated rings. The number of pyridine rings is 1. The van der Waals surface area contributed by atoms with E-state index in [0.29, 0.717) is 39.9 Å². The van der Waals surface area contributed by atoms with Gasteiger partial charge in [0.05, 0.1) is 23.0 Å². The molecule has 0 unspecified atom stereocenters. The van der Waals surface area contributed by atoms with Crippen molar-refractivity contribution in [3.63, 3.8) is 0 Å². The number of esters is 1. The molecule has 0 amide bonds. The van der Waals surface area contributed by atoms with Gasteiger partial charge in [-0.1, -0.05) is 56.6 Å². The van der Waals surface area contributed by atoms with Crippen LogP contribution in [0.5, 0.6) is 5.75 Å². The molecule has 32 heavy (non-hydrogen) atoms. The Morgan fingerprint density at radius 3 is 2.38 bits per heavy atom. The Bertz CT molecular complexity index is 1210. The summed E-state index contributed by atoms with van der Waals surface area (Å²) < 4.78 is 10.2. The number of benzene rings is 2. The van der Waals surface area contributed by atoms with E-state index in [-0.39, 0.29) is 29.5 Å². The highest BCUT2D eigenvalue weighted by atomic mass is 35.5. The van der Waals surface area contributed by atoms with Gasteiger partial charge in [-0.05, 0) is 24.1 Å². The summed E-state index contributed by atoms with van der Waals surface area (Å²) in [5.74, 6) is -0.288. The minimum Gasteiger partial charge on any atom is -0.481 e. The number of carbonyl (C=O) groups is 2. The summed E-state index contributed by atoms with van der Waals surface area (Å²) in [5.41, 5.74) is 3.18. The molecule has 0 aliphatic heterocycles. The van der Waals surface area contributed by atoms with E-state index in [1.165, 1.54) is 7.11 Å². The minimum absolute atomic E-state index is 0.0796. The third-order valence-corrected chi connectivity index (χ3v) is 5.64. The van der Waals surface area contributed by atoms with Crippen LogP contribution in [0.2, 0.25) is 5.02 Å². The van der Waals surface area contributed by atoms with Gasteiger partial charge in [-0.3, -0.25) is 9.59 Å². The monoisotopic (exact) mass is 455 g/mol. The number of halogens is 1. The van der Waals surface area contributed by atoms with Crippen LogP contribution in [0.25, 0.3) is 10.9 Å². The van der Waals surface area contributed by atoms with E-state index in [1.807, 2.05) is 32.9 Å². The number of rotatable bonds is 8. The Kier molecular flexibility index (Phi) is 7.36. The number of hydrogen-bond donors (Lipinski definition) is 1. The maximum Gasteiger partial charge on any atom is 0.343 e. The van der Waals surface area contributed by atoms with Crippen molar-refractivity contribution in [1.82, 2.24) is 4.98 Å². The van der Waals surface area contributed by atoms with Gasteiger partial charge in [0.15, 0.2) is 17.8 Å². The van der Waals surface area contributed by atoms with Crippen LogP contribution >= 0.6 is 11.6 Å². The first-order chi connectivity index (χ1) is 15.3. The van der Waals surface area contributed by atoms with Crippen LogP contribution in [0.4, 0.5) is 0 Å². The second-order valence-electron chi connectivity index (χ2n) is 7.82. The molecule has 0 bridgehead atoms. The SMILES string of the molecule is CCc1[nH]c2c(Cl)ccc(OCC(=O)OC)c2c(=O)c1Cc1ccc(C(=O)C(C)C)cc1. The van der Waals surface area contributed by atoms with Crippen LogP contribution in [0.3, 0.4) is 0 Å². The Hall–Kier alpha value is -3.12. The number of fused-ring (bicyclic) bond motifs is 1. The number of Topliss-reactive ketones (excluding diaryl/α,β-unsaturated/α-hetero) is 1. The molecule has 1 aromatic heterocycles. The number of nitrogens with one attached hydrogen (secondary N) is 1. The van der Waals surface area contributed by atoms with E-state index < -0.39 is 5.97 Å². The summed E-state index contributed by atoms with van der Waals surface area (Å²) >= 11 is 6.36. The third kappa shape index (κ3) is 4.86. The van der Waals surface area contributed by atoms with Crippen LogP contribution in [0.1, 0.15) is 48.0 Å². The lowest BCUT2D eigenvalue weighted by Crippen LogP contribution is -2.18. The van der Waals surface area contributed by atoms with Gasteiger partial charge in [0, 0.05) is 29.2 Å². The lowest BCUT2D eigenvalue weighted by molar-refractivity contribution is -0.142. The van der Waals surface area contributed by atoms with Gasteiger partial charge >= 0.3 is 5.97 Å². The fourth-order valence-electron chi connectivity index (χ4n) is 3.55. The minimum atomic E-state index is -0.550. The van der Waals surface area contributed by atoms with Crippen molar-refractivity contribution in [3.05, 3.63) is 74.0 Å². The van der Waals surface area contributed by atoms with Crippen LogP contribution in [-0.4, -0.2) is 30.5 Å². The molecule has 7 heteroatoms. The molecule has 0 aliphatic rings. The number of H-pyrrole nitrogens is 1. The van der Waals surface area contributed by atoms with Crippen molar-refractivity contribution in [3.8, 4) is 5.75 Å². The van der Waals surface area contributed by atoms with Crippen molar-refractivity contribution < 1.29 is 19.1 Å². The van der Waals surface area contributed by atoms with E-state index in [9.17, 15) is 14.4 Å². The first-order valence-electron chi connectivity index (χ1n) is 10.5. The summed E-state index contributed by atoms with van der Waals surface area (Å²) in [7, 11) is 1.27. The lowest BCUT2D eigenvalue weighted by atomic mass is 9.96. The smallest absolute Gasteiger partial charge is 0.343 e. The highest BCUT2D eigenvalue weighted by Crippen LogP contribution is 2.29. The first-order valence-corrected chi connectivity index (χ1v) is 10.8. The molecule has 0 atom stereocenters. The molecular formula is C25H26ClNO5. The van der Waals surface area contributed by atoms with E-state index in [4.69, 9.17) is 16.3 Å². The average Bonchev–Trinajstić information content (AvgIpc) is 2.79. The second-order valence-corrected chi connectivity index (χ2v) is 8.22. The van der Waals surface area contributed by atoms with Gasteiger partial charge in [0.2, 0.25) is 0 Å². The summed E-state index contributed by atoms with van der Waals surface area (Å²) in [6, 6.07) is 10.5. The highest BCUT2D eigenvalue weighted by molar-refractivity contribution is 6.35. The van der Waals surface area contributed by atoms with Crippen molar-refractivity contribution in [2.24, 2.45) is 5.92 Å². The van der Waals surface area contributed by atoms with Crippen molar-refractivity contribution >= 4 is 34.3 Å². The quantitative estimate of drug-likeness (QED) is 0.392. The lowest BCUT2D eigenvalue weighted by Gasteiger charge is -2.14. The molecular weight excluding hydrogens is 430 g/mol. The normalized spacial score (nSPS) is 11.1. The van der Waals surface area contributed by atoms with Crippen LogP contribution in [-0.2, 0) is 22.4 Å². The third-order valence-electron chi connectivity index (χ3n) is 5.33. The number of aromatic nitrogens is 1. The fraction of sp³-hybridized carbons (Fsp3) is 0.320. The molecule has 0 saturated carbocycles. The van der Waals surface area contributed by atoms with Crippen molar-refractivity contribution in [2.45, 2.75) is 33.6 Å². The summed E-state index contributed by atoms with van der Waals surface area (Å²) in [6.07, 6.45) is 0.988. The van der Waals surface area contributed by atoms with Crippen LogP contribution < -0.4 is 10.2 Å². The van der Waals surface area contributed by atoms with Gasteiger partial charge in [-0.15, -0.1) is 0 Å². The number of aromatic amines is 1. The first kappa shape index (κ1) is 23.5. The number of methoxy groups -OCH3 is 1. The predicted octanol–water partition coefficient (Wildman–Crippen LogP) is 4.73. The standard InChI is InChI=1S/C25H26ClNO5/c1-5-19-17(12-15-6-8-16(9-7-15)24(29)14(2)3)25(30)22-20(32-13-21(28)31-4)11-10-18(26)23(22)27-19/h6-11,14H,5,12-13H2,1-4H3,(H,27,30). The Morgan fingerprint density at radius 2 is 1.78 bits per heavy atom. The molecule has 3 rings (SSSR count). The molecule has 1 N–H and O–H groups in total. The van der Waals surface area contributed by atoms with Gasteiger partial charge in [-0.25, -0.2) is 4.79 Å². The van der Waals surface area contributed by atoms with Crippen molar-refractivity contribution in [2.75, 3.05) is 13.7 Å². The number of aryl methyl sites for hydroxylation is 1. The molecule has 0 saturated heterocycles. The number of hydrogen-bond acceptors (Lipinski definition) is 5. The fourth-order valence-corrected chi connectivity index (χ4v) is 3.75. The molecule has 0 spiro atoms. The van der Waals surface area contributed by atoms with Gasteiger partial charge in [0.25, 0.3) is 0 Å². The number of carbonyl (C=O) groups excluding carboxylic acids is 2. The van der Waals surface area contributed by atoms with E-state index in [2.05, 4.69) is 9.72 Å². The van der Waals surface area contributed by atoms with Crippen LogP contribution in [0.15, 0.2) is 41.2 Å². The topological polar surface area (TPSA) is 85.5 Å². The summed E-state index contributed by atoms with van der Waals surface area (Å²) in [4.78, 5) is 40.5. The molecule has 2 aromatic carbocycles. The Balaban J connectivity index is 2.06.